The van der Waals surface area contributed by atoms with Crippen molar-refractivity contribution in [3.63, 3.8) is 0 Å². The van der Waals surface area contributed by atoms with Crippen LogP contribution in [0.2, 0.25) is 0 Å². The lowest BCUT2D eigenvalue weighted by atomic mass is 9.96. The molecule has 0 saturated carbocycles. The minimum atomic E-state index is -0.402. The Morgan fingerprint density at radius 2 is 2.00 bits per heavy atom. The molecule has 0 aliphatic carbocycles. The highest BCUT2D eigenvalue weighted by Crippen LogP contribution is 2.32. The van der Waals surface area contributed by atoms with E-state index in [1.165, 1.54) is 23.5 Å². The summed E-state index contributed by atoms with van der Waals surface area (Å²) in [5, 5.41) is 10.3. The summed E-state index contributed by atoms with van der Waals surface area (Å²) >= 11 is 1.54. The lowest BCUT2D eigenvalue weighted by Gasteiger charge is -2.32. The van der Waals surface area contributed by atoms with Crippen molar-refractivity contribution in [3.05, 3.63) is 53.5 Å². The van der Waals surface area contributed by atoms with Gasteiger partial charge in [0.25, 0.3) is 5.89 Å². The Bertz CT molecular complexity index is 1080. The van der Waals surface area contributed by atoms with Gasteiger partial charge in [-0.1, -0.05) is 6.07 Å². The number of thiophene rings is 1. The Morgan fingerprint density at radius 3 is 2.77 bits per heavy atom. The molecule has 2 aromatic heterocycles. The zero-order valence-corrected chi connectivity index (χ0v) is 17.6. The van der Waals surface area contributed by atoms with E-state index in [1.807, 2.05) is 22.4 Å². The number of benzene rings is 1. The normalized spacial score (nSPS) is 21.6. The summed E-state index contributed by atoms with van der Waals surface area (Å²) in [5.74, 6) is 0.147. The fourth-order valence-electron chi connectivity index (χ4n) is 4.28. The van der Waals surface area contributed by atoms with Crippen LogP contribution in [0.25, 0.3) is 10.8 Å². The van der Waals surface area contributed by atoms with E-state index in [0.717, 1.165) is 17.7 Å². The monoisotopic (exact) mass is 440 g/mol. The number of anilines is 1. The zero-order chi connectivity index (χ0) is 21.4. The first-order valence-corrected chi connectivity index (χ1v) is 11.2. The number of likely N-dealkylation sites (tertiary alicyclic amines) is 1. The molecule has 2 aliphatic rings. The number of hydrogen-bond donors (Lipinski definition) is 0. The summed E-state index contributed by atoms with van der Waals surface area (Å²) in [6, 6.07) is 9.64. The molecule has 2 saturated heterocycles. The summed E-state index contributed by atoms with van der Waals surface area (Å²) in [4.78, 5) is 30.0. The second-order valence-electron chi connectivity index (χ2n) is 7.93. The standard InChI is InChI=1S/C22H21FN4O3S/c23-16-5-7-17(8-6-16)27-13-15(11-19(27)28)22(29)26-9-1-3-14(12-26)20-24-25-21(30-20)18-4-2-10-31-18/h2,4-8,10,14-15H,1,3,9,11-13H2. The number of carbonyl (C=O) groups excluding carboxylic acids is 2. The second kappa shape index (κ2) is 8.22. The molecule has 4 heterocycles. The predicted molar refractivity (Wildman–Crippen MR) is 113 cm³/mol. The third-order valence-corrected chi connectivity index (χ3v) is 6.73. The topological polar surface area (TPSA) is 79.5 Å². The predicted octanol–water partition coefficient (Wildman–Crippen LogP) is 3.70. The van der Waals surface area contributed by atoms with E-state index in [0.29, 0.717) is 37.1 Å². The molecular formula is C22H21FN4O3S. The molecular weight excluding hydrogens is 419 g/mol. The SMILES string of the molecule is O=C(C1CC(=O)N(c2ccc(F)cc2)C1)N1CCCC(c2nnc(-c3cccs3)o2)C1. The van der Waals surface area contributed by atoms with Gasteiger partial charge in [0, 0.05) is 31.7 Å². The van der Waals surface area contributed by atoms with Gasteiger partial charge in [-0.3, -0.25) is 9.59 Å². The summed E-state index contributed by atoms with van der Waals surface area (Å²) < 4.78 is 19.1. The van der Waals surface area contributed by atoms with Crippen molar-refractivity contribution >= 4 is 28.8 Å². The van der Waals surface area contributed by atoms with Crippen LogP contribution < -0.4 is 4.90 Å². The van der Waals surface area contributed by atoms with Crippen LogP contribution in [0.4, 0.5) is 10.1 Å². The Hall–Kier alpha value is -3.07. The molecule has 0 radical (unpaired) electrons. The van der Waals surface area contributed by atoms with Crippen LogP contribution >= 0.6 is 11.3 Å². The van der Waals surface area contributed by atoms with Gasteiger partial charge in [0.05, 0.1) is 16.7 Å². The number of hydrogen-bond acceptors (Lipinski definition) is 6. The lowest BCUT2D eigenvalue weighted by Crippen LogP contribution is -2.43. The number of piperidine rings is 1. The third kappa shape index (κ3) is 3.97. The fraction of sp³-hybridized carbons (Fsp3) is 0.364. The smallest absolute Gasteiger partial charge is 0.257 e. The summed E-state index contributed by atoms with van der Waals surface area (Å²) in [6.45, 7) is 1.47. The van der Waals surface area contributed by atoms with E-state index < -0.39 is 5.92 Å². The zero-order valence-electron chi connectivity index (χ0n) is 16.7. The van der Waals surface area contributed by atoms with E-state index >= 15 is 0 Å². The summed E-state index contributed by atoms with van der Waals surface area (Å²) in [5.41, 5.74) is 0.616. The highest BCUT2D eigenvalue weighted by atomic mass is 32.1. The van der Waals surface area contributed by atoms with Crippen LogP contribution in [0.15, 0.2) is 46.2 Å². The molecule has 31 heavy (non-hydrogen) atoms. The number of carbonyl (C=O) groups is 2. The molecule has 5 rings (SSSR count). The number of halogens is 1. The summed E-state index contributed by atoms with van der Waals surface area (Å²) in [7, 11) is 0. The maximum Gasteiger partial charge on any atom is 0.257 e. The molecule has 0 bridgehead atoms. The van der Waals surface area contributed by atoms with Crippen molar-refractivity contribution in [1.82, 2.24) is 15.1 Å². The van der Waals surface area contributed by atoms with Crippen molar-refractivity contribution in [2.45, 2.75) is 25.2 Å². The Labute approximate surface area is 182 Å². The summed E-state index contributed by atoms with van der Waals surface area (Å²) in [6.07, 6.45) is 1.89. The molecule has 7 nitrogen and oxygen atoms in total. The van der Waals surface area contributed by atoms with Crippen molar-refractivity contribution in [2.24, 2.45) is 5.92 Å². The van der Waals surface area contributed by atoms with Crippen LogP contribution in [0, 0.1) is 11.7 Å². The first-order valence-electron chi connectivity index (χ1n) is 10.3. The van der Waals surface area contributed by atoms with Crippen LogP contribution in [-0.4, -0.2) is 46.5 Å². The van der Waals surface area contributed by atoms with Crippen molar-refractivity contribution in [2.75, 3.05) is 24.5 Å². The lowest BCUT2D eigenvalue weighted by molar-refractivity contribution is -0.137. The van der Waals surface area contributed by atoms with E-state index in [-0.39, 0.29) is 30.0 Å². The highest BCUT2D eigenvalue weighted by molar-refractivity contribution is 7.13. The first-order chi connectivity index (χ1) is 15.1. The Balaban J connectivity index is 1.26. The van der Waals surface area contributed by atoms with E-state index in [4.69, 9.17) is 4.42 Å². The first kappa shape index (κ1) is 19.9. The number of aromatic nitrogens is 2. The van der Waals surface area contributed by atoms with Gasteiger partial charge in [-0.25, -0.2) is 4.39 Å². The van der Waals surface area contributed by atoms with Gasteiger partial charge in [-0.2, -0.15) is 0 Å². The van der Waals surface area contributed by atoms with Crippen LogP contribution in [0.1, 0.15) is 31.1 Å². The average molecular weight is 441 g/mol. The molecule has 2 amide bonds. The van der Waals surface area contributed by atoms with Crippen LogP contribution in [0.3, 0.4) is 0 Å². The molecule has 2 aliphatic heterocycles. The van der Waals surface area contributed by atoms with Gasteiger partial charge in [0.1, 0.15) is 5.82 Å². The van der Waals surface area contributed by atoms with Crippen molar-refractivity contribution in [1.29, 1.82) is 0 Å². The van der Waals surface area contributed by atoms with Crippen molar-refractivity contribution < 1.29 is 18.4 Å². The molecule has 2 fully saturated rings. The van der Waals surface area contributed by atoms with Crippen molar-refractivity contribution in [3.8, 4) is 10.8 Å². The van der Waals surface area contributed by atoms with Crippen LogP contribution in [-0.2, 0) is 9.59 Å². The maximum atomic E-state index is 13.2. The molecule has 2 unspecified atom stereocenters. The molecule has 1 aromatic carbocycles. The molecule has 3 aromatic rings. The fourth-order valence-corrected chi connectivity index (χ4v) is 4.92. The van der Waals surface area contributed by atoms with Gasteiger partial charge >= 0.3 is 0 Å². The van der Waals surface area contributed by atoms with E-state index in [9.17, 15) is 14.0 Å². The maximum absolute atomic E-state index is 13.2. The van der Waals surface area contributed by atoms with Gasteiger partial charge in [0.15, 0.2) is 0 Å². The number of rotatable bonds is 4. The largest absolute Gasteiger partial charge is 0.420 e. The van der Waals surface area contributed by atoms with Gasteiger partial charge < -0.3 is 14.2 Å². The molecule has 160 valence electrons. The molecule has 2 atom stereocenters. The quantitative estimate of drug-likeness (QED) is 0.618. The molecule has 0 N–H and O–H groups in total. The average Bonchev–Trinajstić information content (AvgIpc) is 3.54. The number of nitrogens with zero attached hydrogens (tertiary/aromatic N) is 4. The minimum Gasteiger partial charge on any atom is -0.420 e. The second-order valence-corrected chi connectivity index (χ2v) is 8.88. The molecule has 0 spiro atoms. The Kier molecular flexibility index (Phi) is 5.27. The van der Waals surface area contributed by atoms with Gasteiger partial charge in [0.2, 0.25) is 17.7 Å². The third-order valence-electron chi connectivity index (χ3n) is 5.87. The van der Waals surface area contributed by atoms with Gasteiger partial charge in [-0.15, -0.1) is 21.5 Å². The van der Waals surface area contributed by atoms with E-state index in [1.54, 1.807) is 17.0 Å². The highest BCUT2D eigenvalue weighted by Gasteiger charge is 2.39. The number of amides is 2. The van der Waals surface area contributed by atoms with E-state index in [2.05, 4.69) is 10.2 Å². The molecule has 9 heteroatoms. The minimum absolute atomic E-state index is 0.00998. The van der Waals surface area contributed by atoms with Gasteiger partial charge in [-0.05, 0) is 48.6 Å². The Morgan fingerprint density at radius 1 is 1.16 bits per heavy atom. The van der Waals surface area contributed by atoms with Crippen LogP contribution in [0.5, 0.6) is 0 Å².